The topological polar surface area (TPSA) is 6.48 Å². The molecule has 0 amide bonds. The Bertz CT molecular complexity index is 1800. The van der Waals surface area contributed by atoms with Crippen molar-refractivity contribution >= 4 is 65.6 Å². The van der Waals surface area contributed by atoms with Crippen LogP contribution in [0.4, 0.5) is 34.1 Å². The number of anilines is 6. The minimum absolute atomic E-state index is 1.11. The summed E-state index contributed by atoms with van der Waals surface area (Å²) in [4.78, 5) is 4.63. The second-order valence-corrected chi connectivity index (χ2v) is 10.6. The van der Waals surface area contributed by atoms with E-state index < -0.39 is 0 Å². The van der Waals surface area contributed by atoms with Crippen molar-refractivity contribution in [2.45, 2.75) is 0 Å². The Morgan fingerprint density at radius 1 is 0.308 bits per heavy atom. The Morgan fingerprint density at radius 2 is 0.692 bits per heavy atom. The number of hydrogen-bond donors (Lipinski definition) is 0. The molecular weight excluding hydrogens is 492 g/mol. The zero-order valence-electron chi connectivity index (χ0n) is 21.3. The molecule has 0 saturated carbocycles. The van der Waals surface area contributed by atoms with Crippen molar-refractivity contribution in [3.63, 3.8) is 0 Å². The van der Waals surface area contributed by atoms with Crippen molar-refractivity contribution in [1.29, 1.82) is 0 Å². The van der Waals surface area contributed by atoms with Gasteiger partial charge >= 0.3 is 0 Å². The Balaban J connectivity index is 1.34. The Hall–Kier alpha value is -4.86. The highest BCUT2D eigenvalue weighted by molar-refractivity contribution is 7.25. The van der Waals surface area contributed by atoms with Gasteiger partial charge in [-0.2, -0.15) is 0 Å². The number of benzene rings is 6. The number of thiophene rings is 1. The lowest BCUT2D eigenvalue weighted by molar-refractivity contribution is 1.26. The van der Waals surface area contributed by atoms with Gasteiger partial charge in [0.2, 0.25) is 0 Å². The maximum Gasteiger partial charge on any atom is 0.0468 e. The minimum atomic E-state index is 1.11. The third-order valence-corrected chi connectivity index (χ3v) is 8.18. The molecule has 186 valence electrons. The number of nitrogens with zero attached hydrogens (tertiary/aromatic N) is 2. The van der Waals surface area contributed by atoms with Gasteiger partial charge in [0.15, 0.2) is 0 Å². The van der Waals surface area contributed by atoms with Crippen LogP contribution in [-0.2, 0) is 0 Å². The fourth-order valence-electron chi connectivity index (χ4n) is 5.23. The van der Waals surface area contributed by atoms with E-state index in [2.05, 4.69) is 168 Å². The summed E-state index contributed by atoms with van der Waals surface area (Å²) in [5, 5.41) is 2.61. The van der Waals surface area contributed by atoms with Gasteiger partial charge in [0, 0.05) is 54.3 Å². The standard InChI is InChI=1S/C36H26N2S/c1-4-12-27(13-5-1)37(28-14-6-2-7-15-28)30-20-22-31(23-21-30)38(29-16-8-3-9-17-29)32-24-25-36-34(26-32)33-18-10-11-19-35(33)39-36/h1-26H. The van der Waals surface area contributed by atoms with Crippen LogP contribution in [0, 0.1) is 0 Å². The van der Waals surface area contributed by atoms with Crippen LogP contribution in [0.5, 0.6) is 0 Å². The van der Waals surface area contributed by atoms with Crippen LogP contribution in [0.1, 0.15) is 0 Å². The maximum absolute atomic E-state index is 2.34. The van der Waals surface area contributed by atoms with E-state index in [1.165, 1.54) is 20.2 Å². The van der Waals surface area contributed by atoms with Crippen molar-refractivity contribution < 1.29 is 0 Å². The molecular formula is C36H26N2S. The number of para-hydroxylation sites is 3. The van der Waals surface area contributed by atoms with Crippen LogP contribution in [0.25, 0.3) is 20.2 Å². The molecule has 3 heteroatoms. The van der Waals surface area contributed by atoms with Crippen molar-refractivity contribution in [2.24, 2.45) is 0 Å². The summed E-state index contributed by atoms with van der Waals surface area (Å²) in [6.07, 6.45) is 0. The lowest BCUT2D eigenvalue weighted by Gasteiger charge is -2.28. The monoisotopic (exact) mass is 518 g/mol. The van der Waals surface area contributed by atoms with E-state index in [9.17, 15) is 0 Å². The molecule has 1 aromatic heterocycles. The maximum atomic E-state index is 2.34. The predicted molar refractivity (Wildman–Crippen MR) is 169 cm³/mol. The first kappa shape index (κ1) is 23.3. The predicted octanol–water partition coefficient (Wildman–Crippen LogP) is 11.0. The van der Waals surface area contributed by atoms with E-state index in [0.717, 1.165) is 34.1 Å². The molecule has 2 nitrogen and oxygen atoms in total. The number of hydrogen-bond acceptors (Lipinski definition) is 3. The lowest BCUT2D eigenvalue weighted by Crippen LogP contribution is -2.12. The summed E-state index contributed by atoms with van der Waals surface area (Å²) in [5.41, 5.74) is 6.77. The Labute approximate surface area is 232 Å². The summed E-state index contributed by atoms with van der Waals surface area (Å²) in [5.74, 6) is 0. The van der Waals surface area contributed by atoms with Gasteiger partial charge in [-0.05, 0) is 84.9 Å². The highest BCUT2D eigenvalue weighted by Gasteiger charge is 2.16. The molecule has 0 saturated heterocycles. The fourth-order valence-corrected chi connectivity index (χ4v) is 6.32. The Morgan fingerprint density at radius 3 is 1.23 bits per heavy atom. The highest BCUT2D eigenvalue weighted by atomic mass is 32.1. The molecule has 39 heavy (non-hydrogen) atoms. The van der Waals surface area contributed by atoms with Gasteiger partial charge in [-0.3, -0.25) is 0 Å². The third kappa shape index (κ3) is 4.43. The van der Waals surface area contributed by atoms with Gasteiger partial charge in [0.25, 0.3) is 0 Å². The molecule has 0 aliphatic rings. The first-order valence-electron chi connectivity index (χ1n) is 13.1. The van der Waals surface area contributed by atoms with Crippen LogP contribution in [0.3, 0.4) is 0 Å². The average Bonchev–Trinajstić information content (AvgIpc) is 3.38. The summed E-state index contributed by atoms with van der Waals surface area (Å²) in [6, 6.07) is 56.0. The summed E-state index contributed by atoms with van der Waals surface area (Å²) in [6.45, 7) is 0. The van der Waals surface area contributed by atoms with Gasteiger partial charge in [-0.15, -0.1) is 11.3 Å². The minimum Gasteiger partial charge on any atom is -0.311 e. The van der Waals surface area contributed by atoms with Crippen molar-refractivity contribution in [1.82, 2.24) is 0 Å². The first-order valence-corrected chi connectivity index (χ1v) is 13.9. The molecule has 0 aliphatic heterocycles. The molecule has 0 N–H and O–H groups in total. The molecule has 1 heterocycles. The van der Waals surface area contributed by atoms with Crippen LogP contribution >= 0.6 is 11.3 Å². The Kier molecular flexibility index (Phi) is 6.04. The van der Waals surface area contributed by atoms with E-state index in [0.29, 0.717) is 0 Å². The molecule has 7 aromatic rings. The van der Waals surface area contributed by atoms with Gasteiger partial charge in [0.05, 0.1) is 0 Å². The van der Waals surface area contributed by atoms with Gasteiger partial charge in [0.1, 0.15) is 0 Å². The molecule has 0 unspecified atom stereocenters. The number of fused-ring (bicyclic) bond motifs is 3. The van der Waals surface area contributed by atoms with Crippen LogP contribution in [-0.4, -0.2) is 0 Å². The van der Waals surface area contributed by atoms with Gasteiger partial charge in [-0.25, -0.2) is 0 Å². The van der Waals surface area contributed by atoms with Crippen LogP contribution in [0.15, 0.2) is 158 Å². The van der Waals surface area contributed by atoms with Crippen molar-refractivity contribution in [3.05, 3.63) is 158 Å². The lowest BCUT2D eigenvalue weighted by atomic mass is 10.1. The average molecular weight is 519 g/mol. The highest BCUT2D eigenvalue weighted by Crippen LogP contribution is 2.41. The van der Waals surface area contributed by atoms with E-state index in [1.54, 1.807) is 0 Å². The van der Waals surface area contributed by atoms with Gasteiger partial charge < -0.3 is 9.80 Å². The molecule has 0 radical (unpaired) electrons. The van der Waals surface area contributed by atoms with E-state index in [4.69, 9.17) is 0 Å². The SMILES string of the molecule is c1ccc(N(c2ccccc2)c2ccc(N(c3ccccc3)c3ccc4sc5ccccc5c4c3)cc2)cc1. The molecule has 0 bridgehead atoms. The van der Waals surface area contributed by atoms with E-state index in [1.807, 2.05) is 11.3 Å². The summed E-state index contributed by atoms with van der Waals surface area (Å²) in [7, 11) is 0. The largest absolute Gasteiger partial charge is 0.311 e. The first-order chi connectivity index (χ1) is 19.3. The second kappa shape index (κ2) is 10.1. The van der Waals surface area contributed by atoms with Crippen molar-refractivity contribution in [2.75, 3.05) is 9.80 Å². The van der Waals surface area contributed by atoms with Gasteiger partial charge in [-0.1, -0.05) is 72.8 Å². The molecule has 0 spiro atoms. The smallest absolute Gasteiger partial charge is 0.0468 e. The zero-order valence-corrected chi connectivity index (χ0v) is 22.1. The van der Waals surface area contributed by atoms with Crippen LogP contribution < -0.4 is 9.80 Å². The molecule has 6 aromatic carbocycles. The van der Waals surface area contributed by atoms with E-state index in [-0.39, 0.29) is 0 Å². The van der Waals surface area contributed by atoms with Crippen LogP contribution in [0.2, 0.25) is 0 Å². The quantitative estimate of drug-likeness (QED) is 0.216. The third-order valence-electron chi connectivity index (χ3n) is 7.03. The summed E-state index contributed by atoms with van der Waals surface area (Å²) >= 11 is 1.85. The number of rotatable bonds is 6. The van der Waals surface area contributed by atoms with E-state index >= 15 is 0 Å². The zero-order chi connectivity index (χ0) is 26.0. The molecule has 0 fully saturated rings. The molecule has 0 aliphatic carbocycles. The molecule has 0 atom stereocenters. The van der Waals surface area contributed by atoms with Crippen molar-refractivity contribution in [3.8, 4) is 0 Å². The summed E-state index contributed by atoms with van der Waals surface area (Å²) < 4.78 is 2.63. The molecule has 7 rings (SSSR count). The second-order valence-electron chi connectivity index (χ2n) is 9.47. The fraction of sp³-hybridized carbons (Fsp3) is 0. The normalized spacial score (nSPS) is 11.1.